The number of nitrogens with one attached hydrogen (secondary N) is 1. The third kappa shape index (κ3) is 44.7. The monoisotopic (exact) mass is 806 g/mol. The van der Waals surface area contributed by atoms with Crippen molar-refractivity contribution in [1.29, 1.82) is 0 Å². The van der Waals surface area contributed by atoms with E-state index in [1.54, 1.807) is 6.08 Å². The number of carbonyl (C=O) groups excluding carboxylic acids is 1. The van der Waals surface area contributed by atoms with Crippen molar-refractivity contribution >= 4 is 5.91 Å². The first kappa shape index (κ1) is 55.6. The zero-order chi connectivity index (χ0) is 42.1. The van der Waals surface area contributed by atoms with Gasteiger partial charge < -0.3 is 15.5 Å². The number of hydrogen-bond donors (Lipinski definition) is 3. The summed E-state index contributed by atoms with van der Waals surface area (Å²) >= 11 is 0. The molecule has 0 spiro atoms. The molecule has 0 aromatic heterocycles. The summed E-state index contributed by atoms with van der Waals surface area (Å²) in [5.41, 5.74) is 0. The number of aliphatic hydroxyl groups is 2. The van der Waals surface area contributed by atoms with Crippen LogP contribution in [-0.4, -0.2) is 34.9 Å². The summed E-state index contributed by atoms with van der Waals surface area (Å²) in [5, 5.41) is 23.0. The Labute approximate surface area is 361 Å². The van der Waals surface area contributed by atoms with E-state index in [9.17, 15) is 15.0 Å². The fourth-order valence-corrected chi connectivity index (χ4v) is 7.11. The van der Waals surface area contributed by atoms with Crippen LogP contribution in [0.15, 0.2) is 85.1 Å². The molecule has 2 atom stereocenters. The number of amides is 1. The summed E-state index contributed by atoms with van der Waals surface area (Å²) < 4.78 is 0. The number of hydrogen-bond acceptors (Lipinski definition) is 3. The molecule has 0 aliphatic rings. The normalized spacial score (nSPS) is 13.7. The van der Waals surface area contributed by atoms with Gasteiger partial charge in [-0.15, -0.1) is 0 Å². The number of rotatable bonds is 44. The third-order valence-corrected chi connectivity index (χ3v) is 10.9. The molecule has 0 aliphatic carbocycles. The van der Waals surface area contributed by atoms with Crippen molar-refractivity contribution in [1.82, 2.24) is 5.32 Å². The lowest BCUT2D eigenvalue weighted by molar-refractivity contribution is -0.122. The topological polar surface area (TPSA) is 69.6 Å². The first-order chi connectivity index (χ1) is 28.7. The van der Waals surface area contributed by atoms with Gasteiger partial charge in [0.05, 0.1) is 18.8 Å². The van der Waals surface area contributed by atoms with E-state index in [0.29, 0.717) is 6.42 Å². The Balaban J connectivity index is 3.62. The molecule has 58 heavy (non-hydrogen) atoms. The van der Waals surface area contributed by atoms with Gasteiger partial charge in [-0.25, -0.2) is 0 Å². The molecular weight excluding hydrogens is 711 g/mol. The van der Waals surface area contributed by atoms with Gasteiger partial charge in [0.1, 0.15) is 0 Å². The van der Waals surface area contributed by atoms with Crippen molar-refractivity contribution < 1.29 is 15.0 Å². The van der Waals surface area contributed by atoms with E-state index in [2.05, 4.69) is 92.1 Å². The molecule has 334 valence electrons. The minimum Gasteiger partial charge on any atom is -0.394 e. The summed E-state index contributed by atoms with van der Waals surface area (Å²) in [5.74, 6) is -0.132. The van der Waals surface area contributed by atoms with Crippen molar-refractivity contribution in [3.8, 4) is 0 Å². The highest BCUT2D eigenvalue weighted by Crippen LogP contribution is 2.16. The highest BCUT2D eigenvalue weighted by molar-refractivity contribution is 5.76. The predicted molar refractivity (Wildman–Crippen MR) is 257 cm³/mol. The quantitative estimate of drug-likeness (QED) is 0.0424. The Morgan fingerprint density at radius 2 is 0.776 bits per heavy atom. The Morgan fingerprint density at radius 1 is 0.431 bits per heavy atom. The van der Waals surface area contributed by atoms with E-state index in [0.717, 1.165) is 64.2 Å². The van der Waals surface area contributed by atoms with Gasteiger partial charge in [-0.3, -0.25) is 4.79 Å². The lowest BCUT2D eigenvalue weighted by atomic mass is 10.0. The second-order valence-electron chi connectivity index (χ2n) is 16.5. The van der Waals surface area contributed by atoms with Crippen LogP contribution in [0.5, 0.6) is 0 Å². The SMILES string of the molecule is CC/C=C\C/C=C\C/C=C\C/C=C\C/C=C\CCCC(=O)NC(CO)C(O)/C=C/CC/C=C/CCCCCCCCCCCCCCCCCCCCCCCCC. The summed E-state index contributed by atoms with van der Waals surface area (Å²) in [6.07, 6.45) is 71.6. The number of aliphatic hydroxyl groups excluding tert-OH is 2. The van der Waals surface area contributed by atoms with Gasteiger partial charge in [-0.1, -0.05) is 240 Å². The van der Waals surface area contributed by atoms with Crippen LogP contribution >= 0.6 is 0 Å². The molecule has 0 radical (unpaired) electrons. The van der Waals surface area contributed by atoms with Crippen LogP contribution < -0.4 is 5.32 Å². The van der Waals surface area contributed by atoms with Crippen molar-refractivity contribution in [2.24, 2.45) is 0 Å². The highest BCUT2D eigenvalue weighted by atomic mass is 16.3. The van der Waals surface area contributed by atoms with Crippen molar-refractivity contribution in [3.05, 3.63) is 85.1 Å². The van der Waals surface area contributed by atoms with E-state index in [4.69, 9.17) is 0 Å². The molecule has 4 heteroatoms. The van der Waals surface area contributed by atoms with Gasteiger partial charge in [0.25, 0.3) is 0 Å². The maximum Gasteiger partial charge on any atom is 0.220 e. The van der Waals surface area contributed by atoms with Gasteiger partial charge in [-0.2, -0.15) is 0 Å². The minimum absolute atomic E-state index is 0.132. The molecule has 0 fully saturated rings. The molecule has 0 aliphatic heterocycles. The van der Waals surface area contributed by atoms with E-state index in [-0.39, 0.29) is 12.5 Å². The van der Waals surface area contributed by atoms with E-state index in [1.165, 1.54) is 148 Å². The van der Waals surface area contributed by atoms with Gasteiger partial charge in [0, 0.05) is 6.42 Å². The predicted octanol–water partition coefficient (Wildman–Crippen LogP) is 16.0. The fraction of sp³-hybridized carbons (Fsp3) is 0.722. The largest absolute Gasteiger partial charge is 0.394 e. The number of allylic oxidation sites excluding steroid dienone is 13. The van der Waals surface area contributed by atoms with Crippen LogP contribution in [0.4, 0.5) is 0 Å². The standard InChI is InChI=1S/C54H95NO3/c1-3-5-7-9-11-13-15-17-19-21-22-23-24-25-26-27-28-29-30-31-32-34-35-37-39-41-43-45-47-49-53(57)52(51-56)55-54(58)50-48-46-44-42-40-38-36-33-20-18-16-14-12-10-8-6-4-2/h6,8,12,14,18,20,36,38-39,41-42,44,47,49,52-53,56-57H,3-5,7,9-11,13,15-17,19,21-35,37,40,43,45-46,48,50-51H2,1-2H3,(H,55,58)/b8-6-,14-12-,20-18-,38-36-,41-39+,44-42-,49-47+. The van der Waals surface area contributed by atoms with E-state index >= 15 is 0 Å². The minimum atomic E-state index is -0.891. The van der Waals surface area contributed by atoms with Crippen LogP contribution in [0, 0.1) is 0 Å². The summed E-state index contributed by atoms with van der Waals surface area (Å²) in [4.78, 5) is 12.4. The molecule has 4 nitrogen and oxygen atoms in total. The average Bonchev–Trinajstić information content (AvgIpc) is 3.23. The lowest BCUT2D eigenvalue weighted by Gasteiger charge is -2.19. The molecule has 0 aromatic carbocycles. The lowest BCUT2D eigenvalue weighted by Crippen LogP contribution is -2.45. The van der Waals surface area contributed by atoms with Crippen LogP contribution in [0.3, 0.4) is 0 Å². The van der Waals surface area contributed by atoms with Gasteiger partial charge in [-0.05, 0) is 70.6 Å². The highest BCUT2D eigenvalue weighted by Gasteiger charge is 2.17. The van der Waals surface area contributed by atoms with Crippen LogP contribution in [0.2, 0.25) is 0 Å². The zero-order valence-electron chi connectivity index (χ0n) is 38.3. The van der Waals surface area contributed by atoms with E-state index < -0.39 is 12.1 Å². The Hall–Kier alpha value is -2.43. The Kier molecular flexibility index (Phi) is 46.9. The molecule has 0 rings (SSSR count). The molecule has 2 unspecified atom stereocenters. The molecule has 0 aromatic rings. The summed E-state index contributed by atoms with van der Waals surface area (Å²) in [6.45, 7) is 4.16. The third-order valence-electron chi connectivity index (χ3n) is 10.9. The van der Waals surface area contributed by atoms with Crippen LogP contribution in [0.25, 0.3) is 0 Å². The maximum absolute atomic E-state index is 12.4. The van der Waals surface area contributed by atoms with Gasteiger partial charge >= 0.3 is 0 Å². The number of carbonyl (C=O) groups is 1. The van der Waals surface area contributed by atoms with E-state index in [1.807, 2.05) is 6.08 Å². The second kappa shape index (κ2) is 48.9. The summed E-state index contributed by atoms with van der Waals surface area (Å²) in [6, 6.07) is -0.674. The first-order valence-electron chi connectivity index (χ1n) is 24.8. The molecule has 1 amide bonds. The molecular formula is C54H95NO3. The smallest absolute Gasteiger partial charge is 0.220 e. The first-order valence-corrected chi connectivity index (χ1v) is 24.8. The van der Waals surface area contributed by atoms with Crippen molar-refractivity contribution in [2.45, 2.75) is 244 Å². The average molecular weight is 806 g/mol. The fourth-order valence-electron chi connectivity index (χ4n) is 7.11. The zero-order valence-corrected chi connectivity index (χ0v) is 38.3. The Bertz CT molecular complexity index is 1050. The molecule has 0 heterocycles. The second-order valence-corrected chi connectivity index (χ2v) is 16.5. The molecule has 0 saturated carbocycles. The Morgan fingerprint density at radius 3 is 1.21 bits per heavy atom. The van der Waals surface area contributed by atoms with Crippen molar-refractivity contribution in [2.75, 3.05) is 6.61 Å². The summed E-state index contributed by atoms with van der Waals surface area (Å²) in [7, 11) is 0. The molecule has 0 bridgehead atoms. The molecule has 3 N–H and O–H groups in total. The van der Waals surface area contributed by atoms with Gasteiger partial charge in [0.15, 0.2) is 0 Å². The number of unbranched alkanes of at least 4 members (excludes halogenated alkanes) is 25. The van der Waals surface area contributed by atoms with Gasteiger partial charge in [0.2, 0.25) is 5.91 Å². The van der Waals surface area contributed by atoms with Crippen LogP contribution in [0.1, 0.15) is 232 Å². The maximum atomic E-state index is 12.4. The van der Waals surface area contributed by atoms with Crippen molar-refractivity contribution in [3.63, 3.8) is 0 Å². The van der Waals surface area contributed by atoms with Crippen LogP contribution in [-0.2, 0) is 4.79 Å². The molecule has 0 saturated heterocycles.